The molecule has 3 fully saturated rings. The summed E-state index contributed by atoms with van der Waals surface area (Å²) in [5.41, 5.74) is 0. The van der Waals surface area contributed by atoms with Crippen LogP contribution in [0.15, 0.2) is 0 Å². The van der Waals surface area contributed by atoms with Gasteiger partial charge >= 0.3 is 0 Å². The number of nitrogens with one attached hydrogen (secondary N) is 1. The maximum absolute atomic E-state index is 12.4. The van der Waals surface area contributed by atoms with Gasteiger partial charge < -0.3 is 15.0 Å². The van der Waals surface area contributed by atoms with Crippen LogP contribution in [0.5, 0.6) is 0 Å². The van der Waals surface area contributed by atoms with Crippen LogP contribution < -0.4 is 5.32 Å². The van der Waals surface area contributed by atoms with Gasteiger partial charge in [0.1, 0.15) is 0 Å². The van der Waals surface area contributed by atoms with E-state index in [0.29, 0.717) is 24.0 Å². The summed E-state index contributed by atoms with van der Waals surface area (Å²) in [6, 6.07) is 0. The maximum atomic E-state index is 12.4. The number of rotatable bonds is 5. The lowest BCUT2D eigenvalue weighted by Gasteiger charge is -2.36. The van der Waals surface area contributed by atoms with E-state index in [1.807, 2.05) is 0 Å². The van der Waals surface area contributed by atoms with E-state index in [9.17, 15) is 4.79 Å². The van der Waals surface area contributed by atoms with E-state index in [0.717, 1.165) is 57.8 Å². The first kappa shape index (κ1) is 17.2. The molecule has 2 aliphatic heterocycles. The quantitative estimate of drug-likeness (QED) is 0.846. The summed E-state index contributed by atoms with van der Waals surface area (Å²) in [5.74, 6) is 1.96. The summed E-state index contributed by atoms with van der Waals surface area (Å²) >= 11 is 0. The number of nitrogens with zero attached hydrogens (tertiary/aromatic N) is 1. The first-order valence-corrected chi connectivity index (χ1v) is 9.84. The standard InChI is InChI=1S/C19H34N2O2/c1-15-2-5-17(6-3-15)23-18-9-12-21(13-10-18)19(22)7-4-16-8-11-20-14-16/h15-18,20H,2-14H2,1H3. The summed E-state index contributed by atoms with van der Waals surface area (Å²) in [6.07, 6.45) is 11.1. The van der Waals surface area contributed by atoms with Crippen LogP contribution in [0.4, 0.5) is 0 Å². The number of amides is 1. The van der Waals surface area contributed by atoms with Gasteiger partial charge in [0.2, 0.25) is 5.91 Å². The Morgan fingerprint density at radius 3 is 2.39 bits per heavy atom. The van der Waals surface area contributed by atoms with Gasteiger partial charge in [-0.15, -0.1) is 0 Å². The van der Waals surface area contributed by atoms with Gasteiger partial charge in [-0.3, -0.25) is 4.79 Å². The molecule has 0 spiro atoms. The number of hydrogen-bond donors (Lipinski definition) is 1. The van der Waals surface area contributed by atoms with E-state index in [4.69, 9.17) is 4.74 Å². The molecule has 2 heterocycles. The first-order valence-electron chi connectivity index (χ1n) is 9.84. The highest BCUT2D eigenvalue weighted by Crippen LogP contribution is 2.28. The Kier molecular flexibility index (Phi) is 6.35. The number of ether oxygens (including phenoxy) is 1. The largest absolute Gasteiger partial charge is 0.375 e. The van der Waals surface area contributed by atoms with Crippen molar-refractivity contribution in [2.45, 2.75) is 76.9 Å². The topological polar surface area (TPSA) is 41.6 Å². The lowest BCUT2D eigenvalue weighted by molar-refractivity contribution is -0.135. The van der Waals surface area contributed by atoms with Gasteiger partial charge in [0.15, 0.2) is 0 Å². The van der Waals surface area contributed by atoms with Crippen LogP contribution in [0.2, 0.25) is 0 Å². The number of carbonyl (C=O) groups excluding carboxylic acids is 1. The van der Waals surface area contributed by atoms with Crippen LogP contribution in [0.3, 0.4) is 0 Å². The van der Waals surface area contributed by atoms with E-state index < -0.39 is 0 Å². The minimum Gasteiger partial charge on any atom is -0.375 e. The molecule has 3 aliphatic rings. The number of hydrogen-bond acceptors (Lipinski definition) is 3. The minimum absolute atomic E-state index is 0.363. The Balaban J connectivity index is 1.32. The van der Waals surface area contributed by atoms with Crippen molar-refractivity contribution in [3.05, 3.63) is 0 Å². The van der Waals surface area contributed by atoms with Crippen molar-refractivity contribution in [1.29, 1.82) is 0 Å². The van der Waals surface area contributed by atoms with Gasteiger partial charge in [-0.2, -0.15) is 0 Å². The molecule has 1 unspecified atom stereocenters. The van der Waals surface area contributed by atoms with Crippen LogP contribution in [0.25, 0.3) is 0 Å². The zero-order chi connectivity index (χ0) is 16.1. The van der Waals surface area contributed by atoms with Crippen molar-refractivity contribution < 1.29 is 9.53 Å². The molecule has 132 valence electrons. The van der Waals surface area contributed by atoms with E-state index in [2.05, 4.69) is 17.1 Å². The van der Waals surface area contributed by atoms with E-state index in [-0.39, 0.29) is 0 Å². The number of piperidine rings is 1. The number of carbonyl (C=O) groups is 1. The Labute approximate surface area is 141 Å². The molecule has 4 nitrogen and oxygen atoms in total. The average Bonchev–Trinajstić information content (AvgIpc) is 3.09. The molecule has 1 saturated carbocycles. The highest BCUT2D eigenvalue weighted by molar-refractivity contribution is 5.76. The van der Waals surface area contributed by atoms with E-state index in [1.165, 1.54) is 32.1 Å². The van der Waals surface area contributed by atoms with Gasteiger partial charge in [-0.25, -0.2) is 0 Å². The van der Waals surface area contributed by atoms with Crippen molar-refractivity contribution in [2.75, 3.05) is 26.2 Å². The third-order valence-corrected chi connectivity index (χ3v) is 6.07. The molecule has 1 atom stereocenters. The van der Waals surface area contributed by atoms with Gasteiger partial charge in [-0.1, -0.05) is 6.92 Å². The Morgan fingerprint density at radius 1 is 1.04 bits per heavy atom. The first-order chi connectivity index (χ1) is 11.2. The van der Waals surface area contributed by atoms with Gasteiger partial charge in [0.25, 0.3) is 0 Å². The van der Waals surface area contributed by atoms with Crippen molar-refractivity contribution in [3.8, 4) is 0 Å². The lowest BCUT2D eigenvalue weighted by Crippen LogP contribution is -2.42. The molecular weight excluding hydrogens is 288 g/mol. The molecule has 3 rings (SSSR count). The Bertz CT molecular complexity index is 366. The SMILES string of the molecule is CC1CCC(OC2CCN(C(=O)CCC3CCNC3)CC2)CC1. The molecule has 2 saturated heterocycles. The second kappa shape index (κ2) is 8.48. The molecule has 23 heavy (non-hydrogen) atoms. The highest BCUT2D eigenvalue weighted by atomic mass is 16.5. The number of likely N-dealkylation sites (tertiary alicyclic amines) is 1. The Morgan fingerprint density at radius 2 is 1.74 bits per heavy atom. The summed E-state index contributed by atoms with van der Waals surface area (Å²) < 4.78 is 6.30. The minimum atomic E-state index is 0.363. The second-order valence-corrected chi connectivity index (χ2v) is 8.00. The van der Waals surface area contributed by atoms with Gasteiger partial charge in [0, 0.05) is 19.5 Å². The van der Waals surface area contributed by atoms with Crippen molar-refractivity contribution in [2.24, 2.45) is 11.8 Å². The molecule has 0 aromatic heterocycles. The Hall–Kier alpha value is -0.610. The third kappa shape index (κ3) is 5.18. The smallest absolute Gasteiger partial charge is 0.222 e. The fourth-order valence-corrected chi connectivity index (χ4v) is 4.33. The molecule has 4 heteroatoms. The predicted molar refractivity (Wildman–Crippen MR) is 92.3 cm³/mol. The predicted octanol–water partition coefficient (Wildman–Crippen LogP) is 2.96. The molecule has 1 aliphatic carbocycles. The highest BCUT2D eigenvalue weighted by Gasteiger charge is 2.27. The maximum Gasteiger partial charge on any atom is 0.222 e. The monoisotopic (exact) mass is 322 g/mol. The van der Waals surface area contributed by atoms with Crippen molar-refractivity contribution in [1.82, 2.24) is 10.2 Å². The van der Waals surface area contributed by atoms with Crippen LogP contribution in [0, 0.1) is 11.8 Å². The zero-order valence-corrected chi connectivity index (χ0v) is 14.8. The van der Waals surface area contributed by atoms with Crippen LogP contribution in [-0.4, -0.2) is 49.2 Å². The third-order valence-electron chi connectivity index (χ3n) is 6.07. The lowest BCUT2D eigenvalue weighted by atomic mass is 9.88. The fraction of sp³-hybridized carbons (Fsp3) is 0.947. The molecular formula is C19H34N2O2. The molecule has 0 radical (unpaired) electrons. The summed E-state index contributed by atoms with van der Waals surface area (Å²) in [5, 5.41) is 3.38. The van der Waals surface area contributed by atoms with Gasteiger partial charge in [-0.05, 0) is 76.3 Å². The molecule has 0 aromatic rings. The normalized spacial score (nSPS) is 33.1. The molecule has 1 amide bonds. The molecule has 0 bridgehead atoms. The summed E-state index contributed by atoms with van der Waals surface area (Å²) in [6.45, 7) is 6.37. The molecule has 1 N–H and O–H groups in total. The fourth-order valence-electron chi connectivity index (χ4n) is 4.33. The van der Waals surface area contributed by atoms with Crippen molar-refractivity contribution >= 4 is 5.91 Å². The zero-order valence-electron chi connectivity index (χ0n) is 14.8. The van der Waals surface area contributed by atoms with Gasteiger partial charge in [0.05, 0.1) is 12.2 Å². The van der Waals surface area contributed by atoms with Crippen molar-refractivity contribution in [3.63, 3.8) is 0 Å². The summed E-state index contributed by atoms with van der Waals surface area (Å²) in [7, 11) is 0. The van der Waals surface area contributed by atoms with E-state index >= 15 is 0 Å². The summed E-state index contributed by atoms with van der Waals surface area (Å²) in [4.78, 5) is 14.4. The van der Waals surface area contributed by atoms with Crippen LogP contribution in [-0.2, 0) is 9.53 Å². The van der Waals surface area contributed by atoms with Crippen LogP contribution >= 0.6 is 0 Å². The molecule has 0 aromatic carbocycles. The van der Waals surface area contributed by atoms with E-state index in [1.54, 1.807) is 0 Å². The second-order valence-electron chi connectivity index (χ2n) is 8.00. The van der Waals surface area contributed by atoms with Crippen LogP contribution in [0.1, 0.15) is 64.7 Å². The average molecular weight is 322 g/mol.